The molecule has 0 unspecified atom stereocenters. The van der Waals surface area contributed by atoms with Crippen molar-refractivity contribution in [1.82, 2.24) is 4.57 Å². The maximum atomic E-state index is 13.9. The number of cyclic esters (lactones) is 2. The van der Waals surface area contributed by atoms with Crippen molar-refractivity contribution in [1.29, 1.82) is 0 Å². The molecule has 1 fully saturated rings. The number of nitrogens with zero attached hydrogens (tertiary/aromatic N) is 1. The van der Waals surface area contributed by atoms with Crippen molar-refractivity contribution in [3.8, 4) is 0 Å². The fraction of sp³-hybridized carbons (Fsp3) is 0.182. The average molecular weight is 379 g/mol. The molecule has 1 aromatic heterocycles. The topological polar surface area (TPSA) is 57.5 Å². The Hall–Kier alpha value is -3.41. The van der Waals surface area contributed by atoms with Crippen molar-refractivity contribution in [2.75, 3.05) is 0 Å². The number of ether oxygens (including phenoxy) is 2. The van der Waals surface area contributed by atoms with E-state index < -0.39 is 17.7 Å². The lowest BCUT2D eigenvalue weighted by atomic mass is 10.1. The first-order chi connectivity index (χ1) is 13.3. The van der Waals surface area contributed by atoms with Crippen molar-refractivity contribution >= 4 is 28.9 Å². The summed E-state index contributed by atoms with van der Waals surface area (Å²) in [5, 5.41) is 0.906. The molecule has 2 heterocycles. The van der Waals surface area contributed by atoms with E-state index >= 15 is 0 Å². The van der Waals surface area contributed by atoms with Crippen LogP contribution >= 0.6 is 0 Å². The van der Waals surface area contributed by atoms with Gasteiger partial charge in [-0.25, -0.2) is 14.0 Å². The molecule has 0 radical (unpaired) electrons. The summed E-state index contributed by atoms with van der Waals surface area (Å²) < 4.78 is 26.1. The zero-order valence-corrected chi connectivity index (χ0v) is 15.4. The van der Waals surface area contributed by atoms with Crippen LogP contribution in [0.25, 0.3) is 17.0 Å². The Morgan fingerprint density at radius 2 is 1.75 bits per heavy atom. The van der Waals surface area contributed by atoms with Gasteiger partial charge in [-0.2, -0.15) is 0 Å². The molecule has 28 heavy (non-hydrogen) atoms. The standard InChI is InChI=1S/C22H18FNO4/c1-22(2)27-20(25)17(21(26)28-22)12-14-7-8-19-15(11-14)9-10-24(19)13-16-5-3-4-6-18(16)23/h3-12H,13H2,1-2H3. The summed E-state index contributed by atoms with van der Waals surface area (Å²) in [7, 11) is 0. The molecule has 0 bridgehead atoms. The Bertz CT molecular complexity index is 1100. The molecule has 0 amide bonds. The molecule has 0 N–H and O–H groups in total. The molecule has 6 heteroatoms. The Balaban J connectivity index is 1.64. The van der Waals surface area contributed by atoms with Gasteiger partial charge in [-0.05, 0) is 35.9 Å². The fourth-order valence-electron chi connectivity index (χ4n) is 3.20. The van der Waals surface area contributed by atoms with Gasteiger partial charge in [0.05, 0.1) is 6.54 Å². The molecule has 0 atom stereocenters. The van der Waals surface area contributed by atoms with E-state index in [0.717, 1.165) is 10.9 Å². The van der Waals surface area contributed by atoms with Crippen LogP contribution in [0.5, 0.6) is 0 Å². The second-order valence-electron chi connectivity index (χ2n) is 7.09. The van der Waals surface area contributed by atoms with Crippen LogP contribution in [0.3, 0.4) is 0 Å². The molecule has 0 aliphatic carbocycles. The Labute approximate surface area is 161 Å². The van der Waals surface area contributed by atoms with Crippen LogP contribution in [0.15, 0.2) is 60.3 Å². The van der Waals surface area contributed by atoms with Gasteiger partial charge in [-0.1, -0.05) is 24.3 Å². The minimum atomic E-state index is -1.26. The van der Waals surface area contributed by atoms with E-state index in [9.17, 15) is 14.0 Å². The zero-order valence-electron chi connectivity index (χ0n) is 15.4. The van der Waals surface area contributed by atoms with Crippen LogP contribution in [0.2, 0.25) is 0 Å². The second-order valence-corrected chi connectivity index (χ2v) is 7.09. The van der Waals surface area contributed by atoms with Crippen LogP contribution < -0.4 is 0 Å². The van der Waals surface area contributed by atoms with Crippen molar-refractivity contribution in [2.45, 2.75) is 26.2 Å². The van der Waals surface area contributed by atoms with Crippen molar-refractivity contribution < 1.29 is 23.5 Å². The Morgan fingerprint density at radius 1 is 1.04 bits per heavy atom. The largest absolute Gasteiger partial charge is 0.419 e. The predicted molar refractivity (Wildman–Crippen MR) is 102 cm³/mol. The molecule has 3 aromatic rings. The van der Waals surface area contributed by atoms with Gasteiger partial charge in [-0.3, -0.25) is 0 Å². The summed E-state index contributed by atoms with van der Waals surface area (Å²) in [4.78, 5) is 24.2. The first-order valence-corrected chi connectivity index (χ1v) is 8.83. The van der Waals surface area contributed by atoms with E-state index in [-0.39, 0.29) is 11.4 Å². The Morgan fingerprint density at radius 3 is 2.46 bits per heavy atom. The molecule has 1 aliphatic rings. The van der Waals surface area contributed by atoms with Gasteiger partial charge >= 0.3 is 11.9 Å². The summed E-state index contributed by atoms with van der Waals surface area (Å²) in [6.45, 7) is 3.41. The minimum absolute atomic E-state index is 0.149. The molecule has 4 rings (SSSR count). The number of aromatic nitrogens is 1. The van der Waals surface area contributed by atoms with E-state index in [1.807, 2.05) is 29.0 Å². The van der Waals surface area contributed by atoms with Crippen LogP contribution in [0, 0.1) is 5.82 Å². The van der Waals surface area contributed by atoms with Crippen LogP contribution in [-0.2, 0) is 25.6 Å². The minimum Gasteiger partial charge on any atom is -0.419 e. The van der Waals surface area contributed by atoms with Crippen molar-refractivity contribution in [2.24, 2.45) is 0 Å². The number of benzene rings is 2. The number of esters is 2. The lowest BCUT2D eigenvalue weighted by molar-refractivity contribution is -0.222. The molecule has 2 aromatic carbocycles. The molecule has 1 aliphatic heterocycles. The normalized spacial score (nSPS) is 16.0. The van der Waals surface area contributed by atoms with Gasteiger partial charge in [0.25, 0.3) is 5.79 Å². The van der Waals surface area contributed by atoms with Crippen molar-refractivity contribution in [3.05, 3.63) is 77.2 Å². The van der Waals surface area contributed by atoms with E-state index in [0.29, 0.717) is 17.7 Å². The van der Waals surface area contributed by atoms with Crippen LogP contribution in [0.4, 0.5) is 4.39 Å². The molecule has 1 saturated heterocycles. The van der Waals surface area contributed by atoms with Crippen molar-refractivity contribution in [3.63, 3.8) is 0 Å². The summed E-state index contributed by atoms with van der Waals surface area (Å²) in [5.74, 6) is -2.93. The molecular weight excluding hydrogens is 361 g/mol. The molecule has 142 valence electrons. The van der Waals surface area contributed by atoms with Gasteiger partial charge in [0.1, 0.15) is 11.4 Å². The SMILES string of the molecule is CC1(C)OC(=O)C(=Cc2ccc3c(ccn3Cc3ccccc3F)c2)C(=O)O1. The van der Waals surface area contributed by atoms with Crippen LogP contribution in [0.1, 0.15) is 25.0 Å². The number of hydrogen-bond donors (Lipinski definition) is 0. The van der Waals surface area contributed by atoms with Gasteiger partial charge in [0, 0.05) is 36.5 Å². The molecular formula is C22H18FNO4. The number of rotatable bonds is 3. The lowest BCUT2D eigenvalue weighted by Crippen LogP contribution is -2.41. The van der Waals surface area contributed by atoms with Gasteiger partial charge < -0.3 is 14.0 Å². The Kier molecular flexibility index (Phi) is 4.26. The molecule has 0 spiro atoms. The number of carbonyl (C=O) groups excluding carboxylic acids is 2. The highest BCUT2D eigenvalue weighted by molar-refractivity contribution is 6.19. The van der Waals surface area contributed by atoms with Gasteiger partial charge in [0.15, 0.2) is 0 Å². The third-order valence-electron chi connectivity index (χ3n) is 4.52. The van der Waals surface area contributed by atoms with Gasteiger partial charge in [0.2, 0.25) is 0 Å². The van der Waals surface area contributed by atoms with Crippen LogP contribution in [-0.4, -0.2) is 22.3 Å². The quantitative estimate of drug-likeness (QED) is 0.391. The summed E-state index contributed by atoms with van der Waals surface area (Å²) in [6, 6.07) is 14.1. The van der Waals surface area contributed by atoms with E-state index in [1.165, 1.54) is 26.0 Å². The zero-order chi connectivity index (χ0) is 19.9. The summed E-state index contributed by atoms with van der Waals surface area (Å²) >= 11 is 0. The number of carbonyl (C=O) groups is 2. The monoisotopic (exact) mass is 379 g/mol. The second kappa shape index (κ2) is 6.64. The first kappa shape index (κ1) is 18.0. The smallest absolute Gasteiger partial charge is 0.348 e. The molecule has 0 saturated carbocycles. The van der Waals surface area contributed by atoms with E-state index in [2.05, 4.69) is 0 Å². The maximum absolute atomic E-state index is 13.9. The average Bonchev–Trinajstić information content (AvgIpc) is 3.01. The summed E-state index contributed by atoms with van der Waals surface area (Å²) in [6.07, 6.45) is 3.33. The molecule has 5 nitrogen and oxygen atoms in total. The third-order valence-corrected chi connectivity index (χ3v) is 4.52. The highest BCUT2D eigenvalue weighted by Gasteiger charge is 2.38. The number of halogens is 1. The fourth-order valence-corrected chi connectivity index (χ4v) is 3.20. The van der Waals surface area contributed by atoms with E-state index in [1.54, 1.807) is 24.3 Å². The number of fused-ring (bicyclic) bond motifs is 1. The number of hydrogen-bond acceptors (Lipinski definition) is 4. The highest BCUT2D eigenvalue weighted by atomic mass is 19.1. The highest BCUT2D eigenvalue weighted by Crippen LogP contribution is 2.26. The van der Waals surface area contributed by atoms with Gasteiger partial charge in [-0.15, -0.1) is 0 Å². The maximum Gasteiger partial charge on any atom is 0.348 e. The lowest BCUT2D eigenvalue weighted by Gasteiger charge is -2.29. The predicted octanol–water partition coefficient (Wildman–Crippen LogP) is 4.05. The van der Waals surface area contributed by atoms with E-state index in [4.69, 9.17) is 9.47 Å². The third kappa shape index (κ3) is 3.41. The summed E-state index contributed by atoms with van der Waals surface area (Å²) in [5.41, 5.74) is 2.03. The first-order valence-electron chi connectivity index (χ1n) is 8.83.